The quantitative estimate of drug-likeness (QED) is 0.570. The second-order valence-electron chi connectivity index (χ2n) is 5.97. The summed E-state index contributed by atoms with van der Waals surface area (Å²) in [5.74, 6) is -0.289. The Morgan fingerprint density at radius 2 is 2.19 bits per heavy atom. The fourth-order valence-corrected chi connectivity index (χ4v) is 3.59. The van der Waals surface area contributed by atoms with Crippen molar-refractivity contribution in [3.63, 3.8) is 0 Å². The normalized spacial score (nSPS) is 19.1. The molecule has 2 fully saturated rings. The van der Waals surface area contributed by atoms with Crippen LogP contribution in [0.15, 0.2) is 27.7 Å². The van der Waals surface area contributed by atoms with E-state index in [9.17, 15) is 19.2 Å². The summed E-state index contributed by atoms with van der Waals surface area (Å²) in [6.45, 7) is 1.45. The molecule has 0 saturated carbocycles. The Morgan fingerprint density at radius 3 is 2.88 bits per heavy atom. The van der Waals surface area contributed by atoms with Gasteiger partial charge < -0.3 is 14.6 Å². The number of rotatable bonds is 7. The van der Waals surface area contributed by atoms with Crippen LogP contribution in [-0.4, -0.2) is 58.9 Å². The number of hydrogen-bond donors (Lipinski definition) is 1. The second kappa shape index (κ2) is 8.22. The molecule has 0 atom stereocenters. The van der Waals surface area contributed by atoms with Crippen molar-refractivity contribution in [3.05, 3.63) is 29.1 Å². The van der Waals surface area contributed by atoms with E-state index in [1.807, 2.05) is 0 Å². The average Bonchev–Trinajstić information content (AvgIpc) is 3.32. The zero-order valence-electron chi connectivity index (χ0n) is 14.1. The fourth-order valence-electron chi connectivity index (χ4n) is 2.78. The van der Waals surface area contributed by atoms with E-state index >= 15 is 0 Å². The highest BCUT2D eigenvalue weighted by Gasteiger charge is 2.36. The average molecular weight is 377 g/mol. The van der Waals surface area contributed by atoms with Gasteiger partial charge in [0.25, 0.3) is 11.1 Å². The van der Waals surface area contributed by atoms with Crippen LogP contribution >= 0.6 is 11.8 Å². The van der Waals surface area contributed by atoms with E-state index in [4.69, 9.17) is 4.42 Å². The van der Waals surface area contributed by atoms with E-state index in [1.54, 1.807) is 17.0 Å². The highest BCUT2D eigenvalue weighted by atomic mass is 32.2. The number of furan rings is 1. The van der Waals surface area contributed by atoms with E-state index in [0.717, 1.165) is 29.6 Å². The zero-order chi connectivity index (χ0) is 18.5. The predicted octanol–water partition coefficient (Wildman–Crippen LogP) is 1.44. The second-order valence-corrected chi connectivity index (χ2v) is 6.96. The van der Waals surface area contributed by atoms with Crippen LogP contribution in [0.25, 0.3) is 6.08 Å². The monoisotopic (exact) mass is 377 g/mol. The molecule has 2 saturated heterocycles. The standard InChI is InChI=1S/C17H19N3O5S/c21-14(18-6-3-8-19-7-1-5-15(19)22)11-20-16(23)13(26-17(20)24)10-12-4-2-9-25-12/h2,4,9-10H,1,3,5-8,11H2,(H,18,21)/b13-10-. The maximum Gasteiger partial charge on any atom is 0.294 e. The van der Waals surface area contributed by atoms with Crippen LogP contribution in [-0.2, 0) is 14.4 Å². The van der Waals surface area contributed by atoms with E-state index in [2.05, 4.69) is 5.32 Å². The number of thioether (sulfide) groups is 1. The van der Waals surface area contributed by atoms with Crippen LogP contribution in [0.1, 0.15) is 25.0 Å². The Morgan fingerprint density at radius 1 is 1.35 bits per heavy atom. The summed E-state index contributed by atoms with van der Waals surface area (Å²) >= 11 is 0.782. The first-order chi connectivity index (χ1) is 12.5. The highest BCUT2D eigenvalue weighted by Crippen LogP contribution is 2.31. The topological polar surface area (TPSA) is 99.9 Å². The number of carbonyl (C=O) groups is 4. The minimum atomic E-state index is -0.505. The molecule has 0 radical (unpaired) electrons. The third-order valence-electron chi connectivity index (χ3n) is 4.09. The van der Waals surface area contributed by atoms with Crippen molar-refractivity contribution in [2.45, 2.75) is 19.3 Å². The number of likely N-dealkylation sites (tertiary alicyclic amines) is 1. The Balaban J connectivity index is 1.44. The molecule has 3 rings (SSSR count). The number of carbonyl (C=O) groups excluding carboxylic acids is 4. The van der Waals surface area contributed by atoms with Crippen LogP contribution < -0.4 is 5.32 Å². The van der Waals surface area contributed by atoms with Crippen molar-refractivity contribution in [3.8, 4) is 0 Å². The lowest BCUT2D eigenvalue weighted by Crippen LogP contribution is -2.40. The van der Waals surface area contributed by atoms with Gasteiger partial charge in [-0.05, 0) is 36.7 Å². The number of hydrogen-bond acceptors (Lipinski definition) is 6. The lowest BCUT2D eigenvalue weighted by Gasteiger charge is -2.16. The molecule has 1 aromatic rings. The van der Waals surface area contributed by atoms with Crippen LogP contribution in [0.5, 0.6) is 0 Å². The molecule has 0 bridgehead atoms. The molecule has 2 aliphatic rings. The molecule has 9 heteroatoms. The van der Waals surface area contributed by atoms with E-state index < -0.39 is 17.1 Å². The molecule has 138 valence electrons. The zero-order valence-corrected chi connectivity index (χ0v) is 14.9. The number of nitrogens with one attached hydrogen (secondary N) is 1. The highest BCUT2D eigenvalue weighted by molar-refractivity contribution is 8.18. The van der Waals surface area contributed by atoms with Gasteiger partial charge in [-0.1, -0.05) is 0 Å². The van der Waals surface area contributed by atoms with Crippen molar-refractivity contribution >= 4 is 40.8 Å². The summed E-state index contributed by atoms with van der Waals surface area (Å²) in [4.78, 5) is 50.6. The Labute approximate surface area is 154 Å². The number of nitrogens with zero attached hydrogens (tertiary/aromatic N) is 2. The SMILES string of the molecule is O=C(CN1C(=O)S/C(=C\c2ccco2)C1=O)NCCCN1CCCC1=O. The summed E-state index contributed by atoms with van der Waals surface area (Å²) in [5, 5.41) is 2.20. The van der Waals surface area contributed by atoms with Gasteiger partial charge in [-0.15, -0.1) is 0 Å². The van der Waals surface area contributed by atoms with Gasteiger partial charge in [-0.3, -0.25) is 24.1 Å². The molecule has 0 aromatic carbocycles. The van der Waals surface area contributed by atoms with E-state index in [1.165, 1.54) is 12.3 Å². The lowest BCUT2D eigenvalue weighted by atomic mass is 10.3. The molecule has 1 N–H and O–H groups in total. The fraction of sp³-hybridized carbons (Fsp3) is 0.412. The van der Waals surface area contributed by atoms with Crippen molar-refractivity contribution in [1.29, 1.82) is 0 Å². The predicted molar refractivity (Wildman–Crippen MR) is 94.8 cm³/mol. The van der Waals surface area contributed by atoms with Crippen LogP contribution in [0.3, 0.4) is 0 Å². The number of imide groups is 1. The number of amides is 4. The van der Waals surface area contributed by atoms with E-state index in [-0.39, 0.29) is 17.4 Å². The van der Waals surface area contributed by atoms with Crippen molar-refractivity contribution in [2.24, 2.45) is 0 Å². The summed E-state index contributed by atoms with van der Waals surface area (Å²) in [6.07, 6.45) is 5.07. The molecule has 8 nitrogen and oxygen atoms in total. The minimum absolute atomic E-state index is 0.150. The van der Waals surface area contributed by atoms with Gasteiger partial charge in [0.2, 0.25) is 11.8 Å². The van der Waals surface area contributed by atoms with Gasteiger partial charge >= 0.3 is 0 Å². The third kappa shape index (κ3) is 4.34. The molecule has 0 aliphatic carbocycles. The van der Waals surface area contributed by atoms with Crippen LogP contribution in [0.2, 0.25) is 0 Å². The molecular weight excluding hydrogens is 358 g/mol. The minimum Gasteiger partial charge on any atom is -0.465 e. The van der Waals surface area contributed by atoms with Gasteiger partial charge in [0.1, 0.15) is 12.3 Å². The molecule has 2 aliphatic heterocycles. The Kier molecular flexibility index (Phi) is 5.77. The van der Waals surface area contributed by atoms with Gasteiger partial charge in [0.05, 0.1) is 11.2 Å². The Bertz CT molecular complexity index is 744. The molecule has 1 aromatic heterocycles. The van der Waals surface area contributed by atoms with Crippen molar-refractivity contribution in [1.82, 2.24) is 15.1 Å². The summed E-state index contributed by atoms with van der Waals surface area (Å²) < 4.78 is 5.13. The smallest absolute Gasteiger partial charge is 0.294 e. The molecule has 0 spiro atoms. The maximum atomic E-state index is 12.3. The summed E-state index contributed by atoms with van der Waals surface area (Å²) in [7, 11) is 0. The lowest BCUT2D eigenvalue weighted by molar-refractivity contribution is -0.129. The van der Waals surface area contributed by atoms with Crippen molar-refractivity contribution < 1.29 is 23.6 Å². The first-order valence-electron chi connectivity index (χ1n) is 8.38. The molecule has 4 amide bonds. The van der Waals surface area contributed by atoms with Gasteiger partial charge in [0, 0.05) is 32.1 Å². The molecule has 3 heterocycles. The maximum absolute atomic E-state index is 12.3. The van der Waals surface area contributed by atoms with Crippen LogP contribution in [0, 0.1) is 0 Å². The van der Waals surface area contributed by atoms with Crippen LogP contribution in [0.4, 0.5) is 4.79 Å². The Hall–Kier alpha value is -2.55. The summed E-state index contributed by atoms with van der Waals surface area (Å²) in [5.41, 5.74) is 0. The molecule has 26 heavy (non-hydrogen) atoms. The van der Waals surface area contributed by atoms with Gasteiger partial charge in [-0.25, -0.2) is 0 Å². The van der Waals surface area contributed by atoms with E-state index in [0.29, 0.717) is 31.7 Å². The van der Waals surface area contributed by atoms with Gasteiger partial charge in [-0.2, -0.15) is 0 Å². The first kappa shape index (κ1) is 18.2. The molecular formula is C17H19N3O5S. The molecule has 0 unspecified atom stereocenters. The third-order valence-corrected chi connectivity index (χ3v) is 5.00. The van der Waals surface area contributed by atoms with Crippen molar-refractivity contribution in [2.75, 3.05) is 26.2 Å². The summed E-state index contributed by atoms with van der Waals surface area (Å²) in [6, 6.07) is 3.35. The first-order valence-corrected chi connectivity index (χ1v) is 9.19. The van der Waals surface area contributed by atoms with Gasteiger partial charge in [0.15, 0.2) is 0 Å². The largest absolute Gasteiger partial charge is 0.465 e.